The second kappa shape index (κ2) is 9.14. The summed E-state index contributed by atoms with van der Waals surface area (Å²) < 4.78 is 23.8. The molecule has 0 aliphatic heterocycles. The van der Waals surface area contributed by atoms with Crippen molar-refractivity contribution in [2.75, 3.05) is 0 Å². The number of nitrogens with zero attached hydrogens (tertiary/aromatic N) is 1. The first-order chi connectivity index (χ1) is 13.9. The molecule has 1 N–H and O–H groups in total. The highest BCUT2D eigenvalue weighted by atomic mass is 19.1. The molecule has 150 valence electrons. The number of benzene rings is 2. The summed E-state index contributed by atoms with van der Waals surface area (Å²) in [5.74, 6) is -0.397. The van der Waals surface area contributed by atoms with Gasteiger partial charge < -0.3 is 14.5 Å². The number of aryl methyl sites for hydroxylation is 1. The molecule has 7 heteroatoms. The van der Waals surface area contributed by atoms with Crippen LogP contribution >= 0.6 is 0 Å². The molecular formula is C22H21FN2O4. The van der Waals surface area contributed by atoms with Crippen LogP contribution in [0.1, 0.15) is 36.4 Å². The quantitative estimate of drug-likeness (QED) is 0.608. The smallest absolute Gasteiger partial charge is 0.308 e. The van der Waals surface area contributed by atoms with Gasteiger partial charge in [0.25, 0.3) is 0 Å². The summed E-state index contributed by atoms with van der Waals surface area (Å²) in [6.45, 7) is 3.22. The molecule has 1 heterocycles. The summed E-state index contributed by atoms with van der Waals surface area (Å²) in [6.07, 6.45) is 1.47. The molecule has 0 fully saturated rings. The Labute approximate surface area is 167 Å². The Balaban J connectivity index is 1.59. The van der Waals surface area contributed by atoms with Crippen molar-refractivity contribution < 1.29 is 23.1 Å². The molecule has 3 aromatic rings. The number of rotatable bonds is 7. The second-order valence-corrected chi connectivity index (χ2v) is 6.65. The Kier molecular flexibility index (Phi) is 6.39. The van der Waals surface area contributed by atoms with Crippen LogP contribution in [0.2, 0.25) is 0 Å². The first-order valence-electron chi connectivity index (χ1n) is 9.10. The van der Waals surface area contributed by atoms with E-state index in [2.05, 4.69) is 10.3 Å². The molecule has 0 radical (unpaired) electrons. The van der Waals surface area contributed by atoms with Crippen molar-refractivity contribution in [1.82, 2.24) is 10.3 Å². The maximum absolute atomic E-state index is 13.0. The highest BCUT2D eigenvalue weighted by Gasteiger charge is 2.19. The van der Waals surface area contributed by atoms with Crippen LogP contribution in [0.15, 0.2) is 59.1 Å². The van der Waals surface area contributed by atoms with Crippen LogP contribution in [0.3, 0.4) is 0 Å². The SMILES string of the molecule is CC(=O)NC(CC(=O)OCc1ncc(-c2ccc(F)cc2)o1)c1ccc(C)cc1. The van der Waals surface area contributed by atoms with E-state index < -0.39 is 12.0 Å². The molecule has 0 spiro atoms. The average molecular weight is 396 g/mol. The summed E-state index contributed by atoms with van der Waals surface area (Å²) in [5.41, 5.74) is 2.57. The Morgan fingerprint density at radius 2 is 1.83 bits per heavy atom. The summed E-state index contributed by atoms with van der Waals surface area (Å²) in [5, 5.41) is 2.77. The zero-order valence-corrected chi connectivity index (χ0v) is 16.1. The Bertz CT molecular complexity index is 981. The third-order valence-corrected chi connectivity index (χ3v) is 4.27. The molecule has 2 aromatic carbocycles. The van der Waals surface area contributed by atoms with Crippen molar-refractivity contribution >= 4 is 11.9 Å². The Hall–Kier alpha value is -3.48. The van der Waals surface area contributed by atoms with Gasteiger partial charge in [0.05, 0.1) is 18.7 Å². The van der Waals surface area contributed by atoms with Gasteiger partial charge in [-0.15, -0.1) is 0 Å². The molecule has 0 bridgehead atoms. The van der Waals surface area contributed by atoms with Gasteiger partial charge in [0.1, 0.15) is 5.82 Å². The maximum atomic E-state index is 13.0. The van der Waals surface area contributed by atoms with E-state index in [0.29, 0.717) is 11.3 Å². The number of aromatic nitrogens is 1. The van der Waals surface area contributed by atoms with Gasteiger partial charge in [0.15, 0.2) is 12.4 Å². The van der Waals surface area contributed by atoms with E-state index in [0.717, 1.165) is 11.1 Å². The lowest BCUT2D eigenvalue weighted by Crippen LogP contribution is -2.28. The third kappa shape index (κ3) is 5.75. The Morgan fingerprint density at radius 3 is 2.48 bits per heavy atom. The second-order valence-electron chi connectivity index (χ2n) is 6.65. The lowest BCUT2D eigenvalue weighted by atomic mass is 10.0. The molecule has 1 amide bonds. The van der Waals surface area contributed by atoms with Gasteiger partial charge in [-0.3, -0.25) is 9.59 Å². The standard InChI is InChI=1S/C22H21FN2O4/c1-14-3-5-16(6-4-14)19(25-15(2)26)11-22(27)28-13-21-24-12-20(29-21)17-7-9-18(23)10-8-17/h3-10,12,19H,11,13H2,1-2H3,(H,25,26). The van der Waals surface area contributed by atoms with Crippen molar-refractivity contribution in [3.63, 3.8) is 0 Å². The predicted molar refractivity (Wildman–Crippen MR) is 104 cm³/mol. The van der Waals surface area contributed by atoms with E-state index in [1.54, 1.807) is 12.1 Å². The molecule has 0 aliphatic rings. The van der Waals surface area contributed by atoms with Gasteiger partial charge in [0.2, 0.25) is 11.8 Å². The molecule has 1 aromatic heterocycles. The largest absolute Gasteiger partial charge is 0.456 e. The summed E-state index contributed by atoms with van der Waals surface area (Å²) >= 11 is 0. The van der Waals surface area contributed by atoms with Crippen LogP contribution in [0.4, 0.5) is 4.39 Å². The van der Waals surface area contributed by atoms with E-state index in [-0.39, 0.29) is 30.6 Å². The number of halogens is 1. The first-order valence-corrected chi connectivity index (χ1v) is 9.10. The molecule has 1 atom stereocenters. The number of esters is 1. The number of nitrogens with one attached hydrogen (secondary N) is 1. The van der Waals surface area contributed by atoms with E-state index in [1.807, 2.05) is 31.2 Å². The number of hydrogen-bond acceptors (Lipinski definition) is 5. The minimum atomic E-state index is -0.495. The molecule has 3 rings (SSSR count). The first kappa shape index (κ1) is 20.3. The molecule has 0 aliphatic carbocycles. The summed E-state index contributed by atoms with van der Waals surface area (Å²) in [6, 6.07) is 12.9. The maximum Gasteiger partial charge on any atom is 0.308 e. The molecule has 0 saturated carbocycles. The molecule has 6 nitrogen and oxygen atoms in total. The summed E-state index contributed by atoms with van der Waals surface area (Å²) in [7, 11) is 0. The van der Waals surface area contributed by atoms with Crippen LogP contribution in [0.5, 0.6) is 0 Å². The lowest BCUT2D eigenvalue weighted by molar-refractivity contribution is -0.146. The van der Waals surface area contributed by atoms with Gasteiger partial charge in [0, 0.05) is 12.5 Å². The van der Waals surface area contributed by atoms with Crippen molar-refractivity contribution in [3.05, 3.63) is 77.6 Å². The van der Waals surface area contributed by atoms with Crippen molar-refractivity contribution in [1.29, 1.82) is 0 Å². The summed E-state index contributed by atoms with van der Waals surface area (Å²) in [4.78, 5) is 27.9. The van der Waals surface area contributed by atoms with Gasteiger partial charge >= 0.3 is 5.97 Å². The molecule has 29 heavy (non-hydrogen) atoms. The van der Waals surface area contributed by atoms with E-state index in [9.17, 15) is 14.0 Å². The van der Waals surface area contributed by atoms with Crippen LogP contribution in [-0.2, 0) is 20.9 Å². The van der Waals surface area contributed by atoms with Gasteiger partial charge in [-0.2, -0.15) is 0 Å². The number of oxazole rings is 1. The minimum absolute atomic E-state index is 0.0197. The predicted octanol–water partition coefficient (Wildman–Crippen LogP) is 4.10. The molecular weight excluding hydrogens is 375 g/mol. The monoisotopic (exact) mass is 396 g/mol. The van der Waals surface area contributed by atoms with E-state index in [1.165, 1.54) is 25.3 Å². The van der Waals surface area contributed by atoms with E-state index in [4.69, 9.17) is 9.15 Å². The number of carbonyl (C=O) groups excluding carboxylic acids is 2. The van der Waals surface area contributed by atoms with Crippen molar-refractivity contribution in [2.45, 2.75) is 32.9 Å². The third-order valence-electron chi connectivity index (χ3n) is 4.27. The fraction of sp³-hybridized carbons (Fsp3) is 0.227. The Morgan fingerprint density at radius 1 is 1.14 bits per heavy atom. The number of carbonyl (C=O) groups is 2. The average Bonchev–Trinajstić information content (AvgIpc) is 3.16. The topological polar surface area (TPSA) is 81.4 Å². The lowest BCUT2D eigenvalue weighted by Gasteiger charge is -2.17. The van der Waals surface area contributed by atoms with Crippen LogP contribution in [-0.4, -0.2) is 16.9 Å². The fourth-order valence-electron chi connectivity index (χ4n) is 2.79. The zero-order valence-electron chi connectivity index (χ0n) is 16.1. The van der Waals surface area contributed by atoms with Crippen LogP contribution < -0.4 is 5.32 Å². The minimum Gasteiger partial charge on any atom is -0.456 e. The van der Waals surface area contributed by atoms with Gasteiger partial charge in [-0.25, -0.2) is 9.37 Å². The highest BCUT2D eigenvalue weighted by molar-refractivity contribution is 5.76. The number of hydrogen-bond donors (Lipinski definition) is 1. The van der Waals surface area contributed by atoms with Gasteiger partial charge in [-0.05, 0) is 36.8 Å². The normalized spacial score (nSPS) is 11.7. The number of amides is 1. The zero-order chi connectivity index (χ0) is 20.8. The van der Waals surface area contributed by atoms with E-state index >= 15 is 0 Å². The van der Waals surface area contributed by atoms with Gasteiger partial charge in [-0.1, -0.05) is 29.8 Å². The van der Waals surface area contributed by atoms with Crippen molar-refractivity contribution in [2.24, 2.45) is 0 Å². The van der Waals surface area contributed by atoms with Crippen molar-refractivity contribution in [3.8, 4) is 11.3 Å². The highest BCUT2D eigenvalue weighted by Crippen LogP contribution is 2.22. The number of ether oxygens (including phenoxy) is 1. The molecule has 1 unspecified atom stereocenters. The van der Waals surface area contributed by atoms with Crippen LogP contribution in [0.25, 0.3) is 11.3 Å². The van der Waals surface area contributed by atoms with Crippen LogP contribution in [0, 0.1) is 12.7 Å². The molecule has 0 saturated heterocycles. The fourth-order valence-corrected chi connectivity index (χ4v) is 2.79.